The van der Waals surface area contributed by atoms with Gasteiger partial charge in [-0.25, -0.2) is 0 Å². The van der Waals surface area contributed by atoms with Crippen LogP contribution in [0.1, 0.15) is 20.3 Å². The van der Waals surface area contributed by atoms with Gasteiger partial charge in [0.2, 0.25) is 5.91 Å². The number of ether oxygens (including phenoxy) is 2. The van der Waals surface area contributed by atoms with E-state index in [4.69, 9.17) is 9.47 Å². The molecule has 1 amide bonds. The van der Waals surface area contributed by atoms with Gasteiger partial charge in [0.15, 0.2) is 0 Å². The molecule has 0 aromatic carbocycles. The molecule has 0 bridgehead atoms. The lowest BCUT2D eigenvalue weighted by Gasteiger charge is -2.30. The second kappa shape index (κ2) is 6.70. The highest BCUT2D eigenvalue weighted by Gasteiger charge is 2.33. The van der Waals surface area contributed by atoms with Gasteiger partial charge >= 0.3 is 0 Å². The molecule has 5 nitrogen and oxygen atoms in total. The van der Waals surface area contributed by atoms with Crippen molar-refractivity contribution in [3.8, 4) is 0 Å². The normalized spacial score (nSPS) is 35.9. The first-order chi connectivity index (χ1) is 8.11. The minimum Gasteiger partial charge on any atom is -0.381 e. The molecule has 0 aliphatic carbocycles. The quantitative estimate of drug-likeness (QED) is 0.781. The molecule has 0 aromatic rings. The number of rotatable bonds is 3. The highest BCUT2D eigenvalue weighted by Crippen LogP contribution is 2.26. The molecular weight excluding hydrogens is 256 g/mol. The Hall–Kier alpha value is -0.360. The lowest BCUT2D eigenvalue weighted by Crippen LogP contribution is -2.56. The summed E-state index contributed by atoms with van der Waals surface area (Å²) < 4.78 is 10.8. The maximum Gasteiger partial charge on any atom is 0.239 e. The number of carbonyl (C=O) groups is 1. The SMILES string of the molecule is C[C@H]1OCCN[C@@H]1C(=O)NCC1(C)CCOC1.Cl. The van der Waals surface area contributed by atoms with Gasteiger partial charge in [-0.05, 0) is 13.3 Å². The van der Waals surface area contributed by atoms with Crippen molar-refractivity contribution >= 4 is 18.3 Å². The van der Waals surface area contributed by atoms with Gasteiger partial charge in [-0.15, -0.1) is 12.4 Å². The van der Waals surface area contributed by atoms with Crippen molar-refractivity contribution in [3.63, 3.8) is 0 Å². The van der Waals surface area contributed by atoms with Crippen LogP contribution in [-0.4, -0.2) is 51.0 Å². The Labute approximate surface area is 114 Å². The topological polar surface area (TPSA) is 59.6 Å². The summed E-state index contributed by atoms with van der Waals surface area (Å²) in [5.74, 6) is 0.0327. The highest BCUT2D eigenvalue weighted by atomic mass is 35.5. The minimum absolute atomic E-state index is 0. The van der Waals surface area contributed by atoms with Gasteiger partial charge in [0.05, 0.1) is 19.3 Å². The number of amides is 1. The van der Waals surface area contributed by atoms with Crippen LogP contribution in [0.4, 0.5) is 0 Å². The average Bonchev–Trinajstić information content (AvgIpc) is 2.74. The third-order valence-corrected chi connectivity index (χ3v) is 3.59. The molecule has 1 unspecified atom stereocenters. The summed E-state index contributed by atoms with van der Waals surface area (Å²) in [6.07, 6.45) is 0.952. The van der Waals surface area contributed by atoms with E-state index in [0.29, 0.717) is 13.2 Å². The summed E-state index contributed by atoms with van der Waals surface area (Å²) in [5, 5.41) is 6.19. The third-order valence-electron chi connectivity index (χ3n) is 3.59. The molecule has 0 radical (unpaired) electrons. The molecule has 106 valence electrons. The molecule has 3 atom stereocenters. The van der Waals surface area contributed by atoms with Gasteiger partial charge in [-0.1, -0.05) is 6.92 Å². The molecule has 6 heteroatoms. The molecular formula is C12H23ClN2O3. The Morgan fingerprint density at radius 1 is 1.50 bits per heavy atom. The van der Waals surface area contributed by atoms with Gasteiger partial charge in [0, 0.05) is 25.1 Å². The standard InChI is InChI=1S/C12H22N2O3.ClH/c1-9-10(13-4-6-17-9)11(15)14-7-12(2)3-5-16-8-12;/h9-10,13H,3-8H2,1-2H3,(H,14,15);1H/t9-,10+,12?;/m1./s1. The number of hydrogen-bond acceptors (Lipinski definition) is 4. The van der Waals surface area contributed by atoms with Gasteiger partial charge in [0.1, 0.15) is 6.04 Å². The summed E-state index contributed by atoms with van der Waals surface area (Å²) in [7, 11) is 0. The maximum atomic E-state index is 12.0. The van der Waals surface area contributed by atoms with Crippen LogP contribution in [0.5, 0.6) is 0 Å². The van der Waals surface area contributed by atoms with E-state index in [2.05, 4.69) is 17.6 Å². The number of halogens is 1. The average molecular weight is 279 g/mol. The van der Waals surface area contributed by atoms with Gasteiger partial charge in [0.25, 0.3) is 0 Å². The summed E-state index contributed by atoms with van der Waals surface area (Å²) in [6, 6.07) is -0.227. The number of nitrogens with one attached hydrogen (secondary N) is 2. The van der Waals surface area contributed by atoms with E-state index in [9.17, 15) is 4.79 Å². The molecule has 2 heterocycles. The molecule has 2 aliphatic heterocycles. The minimum atomic E-state index is -0.227. The van der Waals surface area contributed by atoms with E-state index in [0.717, 1.165) is 26.2 Å². The smallest absolute Gasteiger partial charge is 0.239 e. The summed E-state index contributed by atoms with van der Waals surface area (Å²) in [6.45, 7) is 7.70. The lowest BCUT2D eigenvalue weighted by atomic mass is 9.90. The fourth-order valence-corrected chi connectivity index (χ4v) is 2.29. The fraction of sp³-hybridized carbons (Fsp3) is 0.917. The third kappa shape index (κ3) is 3.82. The van der Waals surface area contributed by atoms with Gasteiger partial charge in [-0.3, -0.25) is 4.79 Å². The molecule has 0 aromatic heterocycles. The number of morpholine rings is 1. The van der Waals surface area contributed by atoms with E-state index in [1.165, 1.54) is 0 Å². The summed E-state index contributed by atoms with van der Waals surface area (Å²) in [5.41, 5.74) is 0.0917. The van der Waals surface area contributed by atoms with Crippen molar-refractivity contribution in [1.29, 1.82) is 0 Å². The Morgan fingerprint density at radius 3 is 2.89 bits per heavy atom. The zero-order chi connectivity index (χ0) is 12.3. The zero-order valence-corrected chi connectivity index (χ0v) is 11.8. The predicted molar refractivity (Wildman–Crippen MR) is 71.0 cm³/mol. The van der Waals surface area contributed by atoms with Crippen molar-refractivity contribution in [1.82, 2.24) is 10.6 Å². The van der Waals surface area contributed by atoms with Crippen LogP contribution < -0.4 is 10.6 Å². The van der Waals surface area contributed by atoms with Crippen molar-refractivity contribution in [2.45, 2.75) is 32.4 Å². The van der Waals surface area contributed by atoms with Crippen LogP contribution in [0.15, 0.2) is 0 Å². The highest BCUT2D eigenvalue weighted by molar-refractivity contribution is 5.85. The van der Waals surface area contributed by atoms with Gasteiger partial charge < -0.3 is 20.1 Å². The van der Waals surface area contributed by atoms with Crippen LogP contribution in [-0.2, 0) is 14.3 Å². The van der Waals surface area contributed by atoms with Crippen LogP contribution in [0.25, 0.3) is 0 Å². The summed E-state index contributed by atoms with van der Waals surface area (Å²) in [4.78, 5) is 12.0. The molecule has 2 fully saturated rings. The Morgan fingerprint density at radius 2 is 2.28 bits per heavy atom. The number of carbonyl (C=O) groups excluding carboxylic acids is 1. The lowest BCUT2D eigenvalue weighted by molar-refractivity contribution is -0.129. The van der Waals surface area contributed by atoms with Crippen molar-refractivity contribution < 1.29 is 14.3 Å². The van der Waals surface area contributed by atoms with Gasteiger partial charge in [-0.2, -0.15) is 0 Å². The zero-order valence-electron chi connectivity index (χ0n) is 11.0. The molecule has 2 aliphatic rings. The summed E-state index contributed by atoms with van der Waals surface area (Å²) >= 11 is 0. The second-order valence-electron chi connectivity index (χ2n) is 5.34. The Balaban J connectivity index is 0.00000162. The van der Waals surface area contributed by atoms with Crippen LogP contribution in [0, 0.1) is 5.41 Å². The molecule has 2 rings (SSSR count). The first kappa shape index (κ1) is 15.7. The maximum absolute atomic E-state index is 12.0. The van der Waals surface area contributed by atoms with Crippen LogP contribution >= 0.6 is 12.4 Å². The van der Waals surface area contributed by atoms with E-state index in [1.54, 1.807) is 0 Å². The van der Waals surface area contributed by atoms with Crippen molar-refractivity contribution in [3.05, 3.63) is 0 Å². The van der Waals surface area contributed by atoms with Crippen LogP contribution in [0.2, 0.25) is 0 Å². The first-order valence-electron chi connectivity index (χ1n) is 6.31. The number of hydrogen-bond donors (Lipinski definition) is 2. The van der Waals surface area contributed by atoms with E-state index < -0.39 is 0 Å². The Kier molecular flexibility index (Phi) is 5.85. The monoisotopic (exact) mass is 278 g/mol. The second-order valence-corrected chi connectivity index (χ2v) is 5.34. The van der Waals surface area contributed by atoms with E-state index in [1.807, 2.05) is 6.92 Å². The molecule has 18 heavy (non-hydrogen) atoms. The first-order valence-corrected chi connectivity index (χ1v) is 6.31. The van der Waals surface area contributed by atoms with Crippen molar-refractivity contribution in [2.75, 3.05) is 32.9 Å². The van der Waals surface area contributed by atoms with E-state index in [-0.39, 0.29) is 35.9 Å². The van der Waals surface area contributed by atoms with Crippen molar-refractivity contribution in [2.24, 2.45) is 5.41 Å². The largest absolute Gasteiger partial charge is 0.381 e. The molecule has 2 N–H and O–H groups in total. The predicted octanol–water partition coefficient (Wildman–Crippen LogP) is 0.328. The van der Waals surface area contributed by atoms with E-state index >= 15 is 0 Å². The molecule has 0 spiro atoms. The van der Waals surface area contributed by atoms with Crippen LogP contribution in [0.3, 0.4) is 0 Å². The molecule has 0 saturated carbocycles. The fourth-order valence-electron chi connectivity index (χ4n) is 2.29. The Bertz CT molecular complexity index is 282. The molecule has 2 saturated heterocycles.